The van der Waals surface area contributed by atoms with Gasteiger partial charge in [-0.15, -0.1) is 11.3 Å². The minimum atomic E-state index is -0.360. The van der Waals surface area contributed by atoms with Crippen molar-refractivity contribution < 1.29 is 14.3 Å². The van der Waals surface area contributed by atoms with E-state index in [2.05, 4.69) is 27.3 Å². The topological polar surface area (TPSA) is 91.2 Å². The summed E-state index contributed by atoms with van der Waals surface area (Å²) in [4.78, 5) is 22.4. The normalized spacial score (nSPS) is 11.0. The van der Waals surface area contributed by atoms with Crippen LogP contribution in [0.4, 0.5) is 5.82 Å². The van der Waals surface area contributed by atoms with Crippen molar-refractivity contribution in [1.82, 2.24) is 19.7 Å². The predicted molar refractivity (Wildman–Crippen MR) is 105 cm³/mol. The Balaban J connectivity index is 2.03. The fraction of sp³-hybridized carbons (Fsp3) is 0.444. The lowest BCUT2D eigenvalue weighted by Crippen LogP contribution is -2.07. The molecule has 8 nitrogen and oxygen atoms in total. The summed E-state index contributed by atoms with van der Waals surface area (Å²) in [7, 11) is 4.88. The molecule has 3 heterocycles. The van der Waals surface area contributed by atoms with Crippen LogP contribution in [-0.4, -0.2) is 39.9 Å². The van der Waals surface area contributed by atoms with Crippen LogP contribution in [-0.2, 0) is 24.8 Å². The van der Waals surface area contributed by atoms with Crippen LogP contribution in [0.25, 0.3) is 10.2 Å². The van der Waals surface area contributed by atoms with Crippen LogP contribution >= 0.6 is 11.3 Å². The summed E-state index contributed by atoms with van der Waals surface area (Å²) >= 11 is 1.32. The van der Waals surface area contributed by atoms with E-state index < -0.39 is 0 Å². The molecule has 0 unspecified atom stereocenters. The third kappa shape index (κ3) is 3.34. The number of rotatable bonds is 6. The maximum absolute atomic E-state index is 12.0. The Morgan fingerprint density at radius 3 is 2.63 bits per heavy atom. The Bertz CT molecular complexity index is 1010. The molecule has 0 fully saturated rings. The largest absolute Gasteiger partial charge is 0.481 e. The number of hydrogen-bond donors (Lipinski definition) is 1. The molecule has 3 rings (SSSR count). The minimum absolute atomic E-state index is 0.360. The molecule has 0 saturated carbocycles. The number of esters is 1. The first-order valence-corrected chi connectivity index (χ1v) is 9.41. The molecule has 1 N–H and O–H groups in total. The first-order chi connectivity index (χ1) is 12.9. The zero-order chi connectivity index (χ0) is 19.7. The zero-order valence-corrected chi connectivity index (χ0v) is 17.2. The number of carbonyl (C=O) groups is 1. The lowest BCUT2D eigenvalue weighted by atomic mass is 10.1. The van der Waals surface area contributed by atoms with Crippen LogP contribution in [0.15, 0.2) is 0 Å². The molecule has 0 radical (unpaired) electrons. The van der Waals surface area contributed by atoms with Crippen molar-refractivity contribution in [3.05, 3.63) is 27.5 Å². The van der Waals surface area contributed by atoms with Crippen LogP contribution in [0.1, 0.15) is 39.2 Å². The van der Waals surface area contributed by atoms with Gasteiger partial charge in [0.1, 0.15) is 21.3 Å². The van der Waals surface area contributed by atoms with E-state index in [1.165, 1.54) is 18.4 Å². The number of anilines is 1. The number of nitrogens with one attached hydrogen (secondary N) is 1. The maximum atomic E-state index is 12.0. The summed E-state index contributed by atoms with van der Waals surface area (Å²) in [6, 6.07) is 0. The van der Waals surface area contributed by atoms with Gasteiger partial charge in [0.15, 0.2) is 0 Å². The molecule has 0 spiro atoms. The van der Waals surface area contributed by atoms with Crippen molar-refractivity contribution in [2.75, 3.05) is 19.5 Å². The van der Waals surface area contributed by atoms with E-state index in [1.54, 1.807) is 11.8 Å². The minimum Gasteiger partial charge on any atom is -0.481 e. The van der Waals surface area contributed by atoms with Gasteiger partial charge in [-0.1, -0.05) is 6.92 Å². The van der Waals surface area contributed by atoms with E-state index in [4.69, 9.17) is 9.47 Å². The van der Waals surface area contributed by atoms with E-state index in [-0.39, 0.29) is 5.97 Å². The molecular formula is C18H23N5O3S. The van der Waals surface area contributed by atoms with E-state index in [1.807, 2.05) is 20.9 Å². The molecule has 3 aromatic rings. The number of thiophene rings is 1. The summed E-state index contributed by atoms with van der Waals surface area (Å²) < 4.78 is 12.1. The van der Waals surface area contributed by atoms with Gasteiger partial charge in [0, 0.05) is 13.6 Å². The molecule has 0 amide bonds. The number of nitrogens with zero attached hydrogens (tertiary/aromatic N) is 4. The van der Waals surface area contributed by atoms with Gasteiger partial charge in [-0.05, 0) is 25.8 Å². The average molecular weight is 389 g/mol. The lowest BCUT2D eigenvalue weighted by molar-refractivity contribution is 0.0605. The highest BCUT2D eigenvalue weighted by atomic mass is 32.1. The Labute approximate surface area is 161 Å². The summed E-state index contributed by atoms with van der Waals surface area (Å²) in [5.41, 5.74) is 2.78. The Morgan fingerprint density at radius 2 is 2.00 bits per heavy atom. The fourth-order valence-electron chi connectivity index (χ4n) is 3.16. The molecule has 0 aromatic carbocycles. The van der Waals surface area contributed by atoms with E-state index in [0.717, 1.165) is 39.3 Å². The molecule has 27 heavy (non-hydrogen) atoms. The second-order valence-corrected chi connectivity index (χ2v) is 7.11. The number of aromatic nitrogens is 4. The SMILES string of the molecule is CCc1nn(C)c(OC)c1CNc1nc(C)nc2sc(C(=O)OC)c(C)c12. The summed E-state index contributed by atoms with van der Waals surface area (Å²) in [5, 5.41) is 8.74. The monoisotopic (exact) mass is 389 g/mol. The number of hydrogen-bond acceptors (Lipinski definition) is 8. The first kappa shape index (κ1) is 19.1. The molecule has 0 saturated heterocycles. The van der Waals surface area contributed by atoms with Gasteiger partial charge in [0.25, 0.3) is 0 Å². The van der Waals surface area contributed by atoms with E-state index in [0.29, 0.717) is 23.1 Å². The van der Waals surface area contributed by atoms with Gasteiger partial charge in [-0.2, -0.15) is 5.10 Å². The number of aryl methyl sites for hydroxylation is 4. The second-order valence-electron chi connectivity index (χ2n) is 6.11. The number of methoxy groups -OCH3 is 2. The quantitative estimate of drug-likeness (QED) is 0.648. The highest BCUT2D eigenvalue weighted by molar-refractivity contribution is 7.20. The Morgan fingerprint density at radius 1 is 1.26 bits per heavy atom. The van der Waals surface area contributed by atoms with Crippen LogP contribution in [0.3, 0.4) is 0 Å². The van der Waals surface area contributed by atoms with Gasteiger partial charge in [-0.25, -0.2) is 19.4 Å². The van der Waals surface area contributed by atoms with E-state index in [9.17, 15) is 4.79 Å². The fourth-order valence-corrected chi connectivity index (χ4v) is 4.30. The second kappa shape index (κ2) is 7.51. The third-order valence-electron chi connectivity index (χ3n) is 4.40. The van der Waals surface area contributed by atoms with Crippen molar-refractivity contribution in [2.24, 2.45) is 7.05 Å². The van der Waals surface area contributed by atoms with Gasteiger partial charge in [0.2, 0.25) is 5.88 Å². The van der Waals surface area contributed by atoms with E-state index >= 15 is 0 Å². The molecule has 144 valence electrons. The molecular weight excluding hydrogens is 366 g/mol. The Hall–Kier alpha value is -2.68. The van der Waals surface area contributed by atoms with Crippen molar-refractivity contribution in [2.45, 2.75) is 33.7 Å². The lowest BCUT2D eigenvalue weighted by Gasteiger charge is -2.10. The van der Waals surface area contributed by atoms with Gasteiger partial charge >= 0.3 is 5.97 Å². The predicted octanol–water partition coefficient (Wildman–Crippen LogP) is 3.01. The molecule has 0 aliphatic heterocycles. The first-order valence-electron chi connectivity index (χ1n) is 8.59. The molecule has 0 aliphatic carbocycles. The van der Waals surface area contributed by atoms with Gasteiger partial charge in [-0.3, -0.25) is 0 Å². The summed E-state index contributed by atoms with van der Waals surface area (Å²) in [6.07, 6.45) is 0.802. The van der Waals surface area contributed by atoms with Crippen molar-refractivity contribution >= 4 is 33.3 Å². The molecule has 0 aliphatic rings. The highest BCUT2D eigenvalue weighted by Crippen LogP contribution is 2.35. The standard InChI is InChI=1S/C18H23N5O3S/c1-7-12-11(17(25-5)23(4)22-12)8-19-15-13-9(2)14(18(24)26-6)27-16(13)21-10(3)20-15/h7-8H2,1-6H3,(H,19,20,21). The maximum Gasteiger partial charge on any atom is 0.348 e. The van der Waals surface area contributed by atoms with Crippen LogP contribution in [0.5, 0.6) is 5.88 Å². The smallest absolute Gasteiger partial charge is 0.348 e. The molecule has 3 aromatic heterocycles. The molecule has 0 bridgehead atoms. The number of carbonyl (C=O) groups excluding carboxylic acids is 1. The number of fused-ring (bicyclic) bond motifs is 1. The summed E-state index contributed by atoms with van der Waals surface area (Å²) in [6.45, 7) is 6.29. The average Bonchev–Trinajstić information content (AvgIpc) is 3.14. The third-order valence-corrected chi connectivity index (χ3v) is 5.57. The molecule has 0 atom stereocenters. The molecule has 9 heteroatoms. The van der Waals surface area contributed by atoms with Gasteiger partial charge in [0.05, 0.1) is 30.9 Å². The Kier molecular flexibility index (Phi) is 5.31. The van der Waals surface area contributed by atoms with Crippen LogP contribution in [0, 0.1) is 13.8 Å². The van der Waals surface area contributed by atoms with Crippen LogP contribution < -0.4 is 10.1 Å². The van der Waals surface area contributed by atoms with Crippen molar-refractivity contribution in [1.29, 1.82) is 0 Å². The highest BCUT2D eigenvalue weighted by Gasteiger charge is 2.21. The van der Waals surface area contributed by atoms with Crippen LogP contribution in [0.2, 0.25) is 0 Å². The van der Waals surface area contributed by atoms with Crippen molar-refractivity contribution in [3.63, 3.8) is 0 Å². The van der Waals surface area contributed by atoms with Crippen molar-refractivity contribution in [3.8, 4) is 5.88 Å². The summed E-state index contributed by atoms with van der Waals surface area (Å²) in [5.74, 6) is 1.69. The zero-order valence-electron chi connectivity index (χ0n) is 16.3. The number of ether oxygens (including phenoxy) is 2. The van der Waals surface area contributed by atoms with Gasteiger partial charge < -0.3 is 14.8 Å².